The summed E-state index contributed by atoms with van der Waals surface area (Å²) in [7, 11) is 0. The minimum Gasteiger partial charge on any atom is -0.336 e. The highest BCUT2D eigenvalue weighted by Crippen LogP contribution is 2.17. The van der Waals surface area contributed by atoms with Crippen LogP contribution in [0.5, 0.6) is 0 Å². The summed E-state index contributed by atoms with van der Waals surface area (Å²) < 4.78 is 2.11. The maximum atomic E-state index is 6.23. The van der Waals surface area contributed by atoms with E-state index in [9.17, 15) is 0 Å². The van der Waals surface area contributed by atoms with Gasteiger partial charge < -0.3 is 4.57 Å². The van der Waals surface area contributed by atoms with Crippen LogP contribution in [-0.2, 0) is 13.1 Å². The van der Waals surface area contributed by atoms with Crippen LogP contribution in [-0.4, -0.2) is 27.5 Å². The molecule has 4 heteroatoms. The summed E-state index contributed by atoms with van der Waals surface area (Å²) in [5.41, 5.74) is 1.20. The Bertz CT molecular complexity index is 482. The van der Waals surface area contributed by atoms with Gasteiger partial charge in [-0.2, -0.15) is 0 Å². The van der Waals surface area contributed by atoms with Gasteiger partial charge in [0.1, 0.15) is 0 Å². The van der Waals surface area contributed by atoms with Crippen molar-refractivity contribution in [3.8, 4) is 0 Å². The van der Waals surface area contributed by atoms with Crippen molar-refractivity contribution in [3.05, 3.63) is 53.6 Å². The van der Waals surface area contributed by atoms with Gasteiger partial charge in [-0.3, -0.25) is 4.90 Å². The molecule has 0 N–H and O–H groups in total. The van der Waals surface area contributed by atoms with Crippen molar-refractivity contribution in [1.29, 1.82) is 0 Å². The SMILES string of the molecule is CCCN(CCn1ccnc1)Cc1ccccc1Cl. The maximum Gasteiger partial charge on any atom is 0.0946 e. The molecule has 2 aromatic rings. The Morgan fingerprint density at radius 3 is 2.79 bits per heavy atom. The summed E-state index contributed by atoms with van der Waals surface area (Å²) in [4.78, 5) is 6.50. The summed E-state index contributed by atoms with van der Waals surface area (Å²) in [5, 5.41) is 0.853. The van der Waals surface area contributed by atoms with E-state index in [0.29, 0.717) is 0 Å². The molecule has 0 spiro atoms. The van der Waals surface area contributed by atoms with Crippen LogP contribution in [0.2, 0.25) is 5.02 Å². The smallest absolute Gasteiger partial charge is 0.0946 e. The van der Waals surface area contributed by atoms with E-state index in [1.165, 1.54) is 5.56 Å². The van der Waals surface area contributed by atoms with E-state index >= 15 is 0 Å². The highest BCUT2D eigenvalue weighted by Gasteiger charge is 2.07. The van der Waals surface area contributed by atoms with Crippen LogP contribution in [0.3, 0.4) is 0 Å². The minimum atomic E-state index is 0.853. The molecular formula is C15H20ClN3. The molecule has 0 unspecified atom stereocenters. The lowest BCUT2D eigenvalue weighted by molar-refractivity contribution is 0.255. The van der Waals surface area contributed by atoms with E-state index in [4.69, 9.17) is 11.6 Å². The van der Waals surface area contributed by atoms with E-state index in [1.807, 2.05) is 36.9 Å². The molecule has 0 radical (unpaired) electrons. The monoisotopic (exact) mass is 277 g/mol. The fourth-order valence-electron chi connectivity index (χ4n) is 2.13. The Morgan fingerprint density at radius 1 is 1.26 bits per heavy atom. The van der Waals surface area contributed by atoms with Crippen molar-refractivity contribution in [1.82, 2.24) is 14.5 Å². The molecule has 3 nitrogen and oxygen atoms in total. The second-order valence-electron chi connectivity index (χ2n) is 4.67. The minimum absolute atomic E-state index is 0.853. The van der Waals surface area contributed by atoms with Gasteiger partial charge in [-0.25, -0.2) is 4.98 Å². The largest absolute Gasteiger partial charge is 0.336 e. The Kier molecular flexibility index (Phi) is 5.43. The standard InChI is InChI=1S/C15H20ClN3/c1-2-8-18(10-11-19-9-7-17-13-19)12-14-5-3-4-6-15(14)16/h3-7,9,13H,2,8,10-12H2,1H3. The van der Waals surface area contributed by atoms with E-state index in [0.717, 1.165) is 37.6 Å². The number of hydrogen-bond donors (Lipinski definition) is 0. The van der Waals surface area contributed by atoms with Crippen molar-refractivity contribution in [2.75, 3.05) is 13.1 Å². The maximum absolute atomic E-state index is 6.23. The Morgan fingerprint density at radius 2 is 2.11 bits per heavy atom. The number of rotatable bonds is 7. The second kappa shape index (κ2) is 7.31. The zero-order valence-corrected chi connectivity index (χ0v) is 12.1. The highest BCUT2D eigenvalue weighted by atomic mass is 35.5. The van der Waals surface area contributed by atoms with Gasteiger partial charge in [0.2, 0.25) is 0 Å². The number of halogens is 1. The molecule has 0 aliphatic rings. The van der Waals surface area contributed by atoms with Crippen LogP contribution in [0.4, 0.5) is 0 Å². The molecule has 0 amide bonds. The first kappa shape index (κ1) is 14.1. The molecule has 1 heterocycles. The van der Waals surface area contributed by atoms with Crippen molar-refractivity contribution >= 4 is 11.6 Å². The fourth-order valence-corrected chi connectivity index (χ4v) is 2.33. The quantitative estimate of drug-likeness (QED) is 0.773. The molecule has 0 atom stereocenters. The lowest BCUT2D eigenvalue weighted by atomic mass is 10.2. The van der Waals surface area contributed by atoms with Crippen LogP contribution in [0.15, 0.2) is 43.0 Å². The van der Waals surface area contributed by atoms with Crippen molar-refractivity contribution < 1.29 is 0 Å². The molecule has 1 aromatic heterocycles. The molecule has 0 bridgehead atoms. The topological polar surface area (TPSA) is 21.1 Å². The van der Waals surface area contributed by atoms with E-state index in [2.05, 4.69) is 27.4 Å². The Balaban J connectivity index is 1.94. The molecule has 0 aliphatic carbocycles. The molecule has 1 aromatic carbocycles. The van der Waals surface area contributed by atoms with Crippen molar-refractivity contribution in [3.63, 3.8) is 0 Å². The summed E-state index contributed by atoms with van der Waals surface area (Å²) in [6.45, 7) is 6.17. The van der Waals surface area contributed by atoms with Gasteiger partial charge in [0.15, 0.2) is 0 Å². The van der Waals surface area contributed by atoms with Gasteiger partial charge in [-0.05, 0) is 24.6 Å². The lowest BCUT2D eigenvalue weighted by Gasteiger charge is -2.22. The first-order valence-corrected chi connectivity index (χ1v) is 7.09. The van der Waals surface area contributed by atoms with Crippen LogP contribution in [0.1, 0.15) is 18.9 Å². The average molecular weight is 278 g/mol. The van der Waals surface area contributed by atoms with E-state index in [-0.39, 0.29) is 0 Å². The Hall–Kier alpha value is -1.32. The fraction of sp³-hybridized carbons (Fsp3) is 0.400. The zero-order valence-electron chi connectivity index (χ0n) is 11.3. The molecule has 0 saturated heterocycles. The number of imidazole rings is 1. The van der Waals surface area contributed by atoms with Gasteiger partial charge >= 0.3 is 0 Å². The number of aromatic nitrogens is 2. The Labute approximate surface area is 119 Å². The van der Waals surface area contributed by atoms with E-state index in [1.54, 1.807) is 0 Å². The molecule has 2 rings (SSSR count). The van der Waals surface area contributed by atoms with Crippen LogP contribution < -0.4 is 0 Å². The zero-order chi connectivity index (χ0) is 13.5. The molecule has 102 valence electrons. The van der Waals surface area contributed by atoms with Gasteiger partial charge in [0.05, 0.1) is 6.33 Å². The van der Waals surface area contributed by atoms with Gasteiger partial charge in [-0.15, -0.1) is 0 Å². The number of nitrogens with zero attached hydrogens (tertiary/aromatic N) is 3. The van der Waals surface area contributed by atoms with Crippen LogP contribution >= 0.6 is 11.6 Å². The first-order valence-electron chi connectivity index (χ1n) is 6.71. The van der Waals surface area contributed by atoms with E-state index < -0.39 is 0 Å². The van der Waals surface area contributed by atoms with Gasteiger partial charge in [0.25, 0.3) is 0 Å². The van der Waals surface area contributed by atoms with Crippen molar-refractivity contribution in [2.24, 2.45) is 0 Å². The molecular weight excluding hydrogens is 258 g/mol. The number of benzene rings is 1. The predicted octanol–water partition coefficient (Wildman–Crippen LogP) is 3.45. The predicted molar refractivity (Wildman–Crippen MR) is 79.2 cm³/mol. The summed E-state index contributed by atoms with van der Waals surface area (Å²) in [6.07, 6.45) is 6.83. The molecule has 0 aliphatic heterocycles. The van der Waals surface area contributed by atoms with Crippen molar-refractivity contribution in [2.45, 2.75) is 26.4 Å². The highest BCUT2D eigenvalue weighted by molar-refractivity contribution is 6.31. The third kappa shape index (κ3) is 4.37. The molecule has 19 heavy (non-hydrogen) atoms. The third-order valence-electron chi connectivity index (χ3n) is 3.13. The summed E-state index contributed by atoms with van der Waals surface area (Å²) in [5.74, 6) is 0. The molecule has 0 saturated carbocycles. The normalized spacial score (nSPS) is 11.1. The lowest BCUT2D eigenvalue weighted by Crippen LogP contribution is -2.28. The summed E-state index contributed by atoms with van der Waals surface area (Å²) >= 11 is 6.23. The summed E-state index contributed by atoms with van der Waals surface area (Å²) in [6, 6.07) is 8.07. The van der Waals surface area contributed by atoms with Crippen LogP contribution in [0.25, 0.3) is 0 Å². The van der Waals surface area contributed by atoms with Crippen LogP contribution in [0, 0.1) is 0 Å². The van der Waals surface area contributed by atoms with Gasteiger partial charge in [-0.1, -0.05) is 36.7 Å². The third-order valence-corrected chi connectivity index (χ3v) is 3.49. The number of hydrogen-bond acceptors (Lipinski definition) is 2. The molecule has 0 fully saturated rings. The first-order chi connectivity index (χ1) is 9.29. The average Bonchev–Trinajstić information content (AvgIpc) is 2.92. The second-order valence-corrected chi connectivity index (χ2v) is 5.08. The van der Waals surface area contributed by atoms with Gasteiger partial charge in [0, 0.05) is 37.1 Å².